The van der Waals surface area contributed by atoms with Gasteiger partial charge in [0.05, 0.1) is 23.7 Å². The van der Waals surface area contributed by atoms with Gasteiger partial charge in [0.25, 0.3) is 0 Å². The molecule has 0 unspecified atom stereocenters. The van der Waals surface area contributed by atoms with Crippen molar-refractivity contribution in [3.05, 3.63) is 47.5 Å². The Labute approximate surface area is 137 Å². The molecule has 0 aliphatic carbocycles. The maximum absolute atomic E-state index is 13.1. The van der Waals surface area contributed by atoms with Crippen molar-refractivity contribution in [2.24, 2.45) is 0 Å². The van der Waals surface area contributed by atoms with Gasteiger partial charge in [0.15, 0.2) is 0 Å². The van der Waals surface area contributed by atoms with Gasteiger partial charge < -0.3 is 10.6 Å². The average Bonchev–Trinajstić information content (AvgIpc) is 2.96. The Morgan fingerprint density at radius 1 is 1.38 bits per heavy atom. The lowest BCUT2D eigenvalue weighted by Gasteiger charge is -2.15. The highest BCUT2D eigenvalue weighted by atomic mass is 32.2. The first-order valence-electron chi connectivity index (χ1n) is 6.98. The van der Waals surface area contributed by atoms with Crippen LogP contribution in [0.3, 0.4) is 0 Å². The molecule has 3 rings (SSSR count). The fourth-order valence-corrected chi connectivity index (χ4v) is 3.34. The molecule has 8 nitrogen and oxygen atoms in total. The van der Waals surface area contributed by atoms with E-state index in [1.807, 2.05) is 0 Å². The zero-order valence-electron chi connectivity index (χ0n) is 12.4. The number of nitrogens with zero attached hydrogens (tertiary/aromatic N) is 3. The van der Waals surface area contributed by atoms with Gasteiger partial charge >= 0.3 is 0 Å². The molecule has 126 valence electrons. The van der Waals surface area contributed by atoms with Crippen molar-refractivity contribution in [1.29, 1.82) is 0 Å². The summed E-state index contributed by atoms with van der Waals surface area (Å²) in [5.41, 5.74) is 6.91. The van der Waals surface area contributed by atoms with Crippen LogP contribution < -0.4 is 10.5 Å². The number of nitrogens with two attached hydrogens (primary N) is 1. The summed E-state index contributed by atoms with van der Waals surface area (Å²) in [5.74, 6) is -0.975. The number of benzene rings is 1. The molecule has 1 aromatic carbocycles. The number of fused-ring (bicyclic) bond motifs is 1. The number of nitrogen functional groups attached to an aromatic ring is 1. The van der Waals surface area contributed by atoms with E-state index in [2.05, 4.69) is 14.7 Å². The number of hydrogen-bond acceptors (Lipinski definition) is 6. The van der Waals surface area contributed by atoms with E-state index in [1.54, 1.807) is 6.20 Å². The quantitative estimate of drug-likeness (QED) is 0.802. The number of aromatic nitrogens is 2. The molecule has 0 atom stereocenters. The first-order valence-corrected chi connectivity index (χ1v) is 8.47. The number of amides is 1. The second kappa shape index (κ2) is 6.13. The second-order valence-electron chi connectivity index (χ2n) is 5.23. The molecule has 0 saturated heterocycles. The van der Waals surface area contributed by atoms with Gasteiger partial charge in [0.2, 0.25) is 21.9 Å². The zero-order chi connectivity index (χ0) is 17.3. The summed E-state index contributed by atoms with van der Waals surface area (Å²) in [4.78, 5) is 21.3. The molecule has 1 aliphatic heterocycles. The van der Waals surface area contributed by atoms with E-state index < -0.39 is 28.3 Å². The molecular formula is C14H14FN5O3S. The van der Waals surface area contributed by atoms with E-state index in [0.717, 1.165) is 17.7 Å². The van der Waals surface area contributed by atoms with Crippen LogP contribution in [-0.4, -0.2) is 35.7 Å². The van der Waals surface area contributed by atoms with Crippen molar-refractivity contribution in [3.63, 3.8) is 0 Å². The van der Waals surface area contributed by atoms with E-state index >= 15 is 0 Å². The normalized spacial score (nSPS) is 13.8. The summed E-state index contributed by atoms with van der Waals surface area (Å²) >= 11 is 0. The van der Waals surface area contributed by atoms with Gasteiger partial charge in [-0.3, -0.25) is 4.79 Å². The van der Waals surface area contributed by atoms with Crippen molar-refractivity contribution in [1.82, 2.24) is 19.6 Å². The smallest absolute Gasteiger partial charge is 0.241 e. The number of carbonyl (C=O) groups excluding carboxylic acids is 1. The minimum Gasteiger partial charge on any atom is -0.368 e. The van der Waals surface area contributed by atoms with Gasteiger partial charge in [-0.15, -0.1) is 0 Å². The van der Waals surface area contributed by atoms with Crippen molar-refractivity contribution in [2.45, 2.75) is 18.0 Å². The van der Waals surface area contributed by atoms with Crippen molar-refractivity contribution in [2.75, 3.05) is 12.3 Å². The van der Waals surface area contributed by atoms with Crippen LogP contribution in [0.1, 0.15) is 11.3 Å². The Balaban J connectivity index is 1.64. The molecule has 10 heteroatoms. The van der Waals surface area contributed by atoms with Crippen LogP contribution in [0.5, 0.6) is 0 Å². The minimum atomic E-state index is -3.97. The molecule has 1 aliphatic rings. The van der Waals surface area contributed by atoms with Crippen LogP contribution in [0.15, 0.2) is 35.4 Å². The van der Waals surface area contributed by atoms with Crippen LogP contribution >= 0.6 is 0 Å². The fourth-order valence-electron chi connectivity index (χ4n) is 2.33. The minimum absolute atomic E-state index is 0.120. The highest BCUT2D eigenvalue weighted by Crippen LogP contribution is 2.20. The van der Waals surface area contributed by atoms with Gasteiger partial charge in [-0.05, 0) is 18.2 Å². The summed E-state index contributed by atoms with van der Waals surface area (Å²) in [6.45, 7) is 0.0917. The van der Waals surface area contributed by atoms with E-state index in [0.29, 0.717) is 5.69 Å². The topological polar surface area (TPSA) is 118 Å². The Kier molecular flexibility index (Phi) is 4.16. The molecule has 2 heterocycles. The number of halogens is 1. The third-order valence-corrected chi connectivity index (χ3v) is 4.95. The molecule has 0 saturated carbocycles. The van der Waals surface area contributed by atoms with Crippen LogP contribution in [-0.2, 0) is 27.9 Å². The van der Waals surface area contributed by atoms with Gasteiger partial charge in [-0.1, -0.05) is 6.07 Å². The Hall–Kier alpha value is -2.59. The summed E-state index contributed by atoms with van der Waals surface area (Å²) < 4.78 is 39.5. The number of carbonyl (C=O) groups is 1. The first kappa shape index (κ1) is 16.3. The molecule has 1 aromatic heterocycles. The third-order valence-electron chi connectivity index (χ3n) is 3.55. The van der Waals surface area contributed by atoms with Crippen LogP contribution in [0.4, 0.5) is 10.3 Å². The third kappa shape index (κ3) is 3.34. The number of hydrogen-bond donors (Lipinski definition) is 2. The Bertz CT molecular complexity index is 903. The molecule has 3 N–H and O–H groups in total. The maximum Gasteiger partial charge on any atom is 0.241 e. The molecule has 0 spiro atoms. The first-order chi connectivity index (χ1) is 11.3. The lowest BCUT2D eigenvalue weighted by molar-refractivity contribution is -0.130. The SMILES string of the molecule is Nc1ncc2c(n1)CN(C(=O)CNS(=O)(=O)c1cccc(F)c1)C2. The van der Waals surface area contributed by atoms with Crippen LogP contribution in [0.2, 0.25) is 0 Å². The Morgan fingerprint density at radius 3 is 2.92 bits per heavy atom. The summed E-state index contributed by atoms with van der Waals surface area (Å²) in [6.07, 6.45) is 1.54. The summed E-state index contributed by atoms with van der Waals surface area (Å²) in [5, 5.41) is 0. The highest BCUT2D eigenvalue weighted by Gasteiger charge is 2.26. The molecular weight excluding hydrogens is 337 g/mol. The molecule has 0 fully saturated rings. The number of rotatable bonds is 4. The lowest BCUT2D eigenvalue weighted by Crippen LogP contribution is -2.37. The van der Waals surface area contributed by atoms with Crippen molar-refractivity contribution in [3.8, 4) is 0 Å². The van der Waals surface area contributed by atoms with Crippen molar-refractivity contribution >= 4 is 21.9 Å². The van der Waals surface area contributed by atoms with E-state index in [9.17, 15) is 17.6 Å². The molecule has 1 amide bonds. The maximum atomic E-state index is 13.1. The lowest BCUT2D eigenvalue weighted by atomic mass is 10.3. The number of nitrogens with one attached hydrogen (secondary N) is 1. The molecule has 2 aromatic rings. The Morgan fingerprint density at radius 2 is 2.17 bits per heavy atom. The van der Waals surface area contributed by atoms with E-state index in [4.69, 9.17) is 5.73 Å². The van der Waals surface area contributed by atoms with Crippen LogP contribution in [0.25, 0.3) is 0 Å². The monoisotopic (exact) mass is 351 g/mol. The van der Waals surface area contributed by atoms with Crippen LogP contribution in [0, 0.1) is 5.82 Å². The molecule has 24 heavy (non-hydrogen) atoms. The van der Waals surface area contributed by atoms with Gasteiger partial charge in [0, 0.05) is 18.3 Å². The fraction of sp³-hybridized carbons (Fsp3) is 0.214. The highest BCUT2D eigenvalue weighted by molar-refractivity contribution is 7.89. The zero-order valence-corrected chi connectivity index (χ0v) is 13.3. The number of anilines is 1. The average molecular weight is 351 g/mol. The number of sulfonamides is 1. The predicted octanol–water partition coefficient (Wildman–Crippen LogP) is 0.0186. The van der Waals surface area contributed by atoms with E-state index in [-0.39, 0.29) is 23.9 Å². The molecule has 0 radical (unpaired) electrons. The largest absolute Gasteiger partial charge is 0.368 e. The summed E-state index contributed by atoms with van der Waals surface area (Å²) in [7, 11) is -3.97. The summed E-state index contributed by atoms with van der Waals surface area (Å²) in [6, 6.07) is 4.56. The van der Waals surface area contributed by atoms with Gasteiger partial charge in [-0.25, -0.2) is 27.5 Å². The second-order valence-corrected chi connectivity index (χ2v) is 7.00. The van der Waals surface area contributed by atoms with E-state index in [1.165, 1.54) is 17.0 Å². The van der Waals surface area contributed by atoms with Gasteiger partial charge in [0.1, 0.15) is 5.82 Å². The molecule has 0 bridgehead atoms. The van der Waals surface area contributed by atoms with Crippen molar-refractivity contribution < 1.29 is 17.6 Å². The van der Waals surface area contributed by atoms with Gasteiger partial charge in [-0.2, -0.15) is 0 Å². The standard InChI is InChI=1S/C14H14FN5O3S/c15-10-2-1-3-11(4-10)24(22,23)18-6-13(21)20-7-9-5-17-14(16)19-12(9)8-20/h1-5,18H,6-8H2,(H2,16,17,19). The predicted molar refractivity (Wildman–Crippen MR) is 82.3 cm³/mol.